The highest BCUT2D eigenvalue weighted by molar-refractivity contribution is 6.35. The molecule has 5 heterocycles. The van der Waals surface area contributed by atoms with Gasteiger partial charge in [-0.25, -0.2) is 4.79 Å². The quantitative estimate of drug-likeness (QED) is 0.131. The normalized spacial score (nSPS) is 16.1. The van der Waals surface area contributed by atoms with Gasteiger partial charge in [-0.3, -0.25) is 9.48 Å². The monoisotopic (exact) mass is 808 g/mol. The van der Waals surface area contributed by atoms with Gasteiger partial charge < -0.3 is 28.8 Å². The van der Waals surface area contributed by atoms with Crippen LogP contribution in [0.3, 0.4) is 0 Å². The van der Waals surface area contributed by atoms with Gasteiger partial charge >= 0.3 is 5.97 Å². The van der Waals surface area contributed by atoms with Crippen molar-refractivity contribution in [2.75, 3.05) is 37.7 Å². The number of ether oxygens (including phenoxy) is 1. The van der Waals surface area contributed by atoms with E-state index in [9.17, 15) is 9.90 Å². The summed E-state index contributed by atoms with van der Waals surface area (Å²) in [5.74, 6) is -0.569. The van der Waals surface area contributed by atoms with Crippen LogP contribution in [0.15, 0.2) is 42.5 Å². The molecule has 0 aliphatic carbocycles. The second kappa shape index (κ2) is 15.2. The Hall–Kier alpha value is -4.77. The molecule has 1 fully saturated rings. The van der Waals surface area contributed by atoms with Crippen molar-refractivity contribution >= 4 is 62.6 Å². The van der Waals surface area contributed by atoms with Crippen molar-refractivity contribution in [1.29, 1.82) is 0 Å². The van der Waals surface area contributed by atoms with E-state index < -0.39 is 5.97 Å². The smallest absolute Gasteiger partial charge is 0.354 e. The van der Waals surface area contributed by atoms with Gasteiger partial charge in [-0.2, -0.15) is 5.10 Å². The molecule has 10 nitrogen and oxygen atoms in total. The summed E-state index contributed by atoms with van der Waals surface area (Å²) in [6.45, 7) is 16.8. The number of rotatable bonds is 11. The highest BCUT2D eigenvalue weighted by atomic mass is 35.5. The predicted molar refractivity (Wildman–Crippen MR) is 229 cm³/mol. The molecule has 2 aliphatic heterocycles. The molecule has 0 radical (unpaired) electrons. The van der Waals surface area contributed by atoms with E-state index >= 15 is 4.79 Å². The van der Waals surface area contributed by atoms with Gasteiger partial charge in [0.25, 0.3) is 5.91 Å². The summed E-state index contributed by atoms with van der Waals surface area (Å²) in [6.07, 6.45) is 3.65. The molecule has 3 aromatic carbocycles. The van der Waals surface area contributed by atoms with Crippen LogP contribution in [-0.4, -0.2) is 73.6 Å². The summed E-state index contributed by atoms with van der Waals surface area (Å²) < 4.78 is 12.2. The molecule has 0 spiro atoms. The predicted octanol–water partition coefficient (Wildman–Crippen LogP) is 9.87. The lowest BCUT2D eigenvalue weighted by Crippen LogP contribution is -2.43. The van der Waals surface area contributed by atoms with Gasteiger partial charge in [0.15, 0.2) is 5.69 Å². The van der Waals surface area contributed by atoms with Crippen molar-refractivity contribution in [3.05, 3.63) is 97.5 Å². The Morgan fingerprint density at radius 2 is 1.67 bits per heavy atom. The van der Waals surface area contributed by atoms with E-state index in [0.717, 1.165) is 104 Å². The zero-order valence-corrected chi connectivity index (χ0v) is 35.3. The number of carbonyl (C=O) groups excluding carboxylic acids is 1. The third-order valence-electron chi connectivity index (χ3n) is 12.1. The van der Waals surface area contributed by atoms with E-state index in [-0.39, 0.29) is 24.2 Å². The van der Waals surface area contributed by atoms with E-state index in [1.54, 1.807) is 16.5 Å². The number of nitrogens with zero attached hydrogens (tertiary/aromatic N) is 6. The number of hydrogen-bond acceptors (Lipinski definition) is 5. The Morgan fingerprint density at radius 1 is 0.947 bits per heavy atom. The molecule has 1 saturated heterocycles. The Balaban J connectivity index is 1.27. The summed E-state index contributed by atoms with van der Waals surface area (Å²) in [5, 5.41) is 18.6. The van der Waals surface area contributed by atoms with Crippen molar-refractivity contribution in [3.8, 4) is 16.9 Å². The summed E-state index contributed by atoms with van der Waals surface area (Å²) in [6, 6.07) is 13.5. The Labute approximate surface area is 343 Å². The van der Waals surface area contributed by atoms with Crippen molar-refractivity contribution in [1.82, 2.24) is 23.8 Å². The van der Waals surface area contributed by atoms with Gasteiger partial charge in [-0.1, -0.05) is 40.9 Å². The molecular weight excluding hydrogens is 759 g/mol. The van der Waals surface area contributed by atoms with Gasteiger partial charge in [0, 0.05) is 58.8 Å². The van der Waals surface area contributed by atoms with Gasteiger partial charge in [-0.15, -0.1) is 0 Å². The fourth-order valence-corrected chi connectivity index (χ4v) is 9.72. The number of aryl methyl sites for hydroxylation is 6. The Kier molecular flexibility index (Phi) is 10.4. The largest absolute Gasteiger partial charge is 0.494 e. The van der Waals surface area contributed by atoms with Crippen molar-refractivity contribution in [3.63, 3.8) is 0 Å². The number of amides is 1. The van der Waals surface area contributed by atoms with Crippen LogP contribution in [0.1, 0.15) is 86.8 Å². The van der Waals surface area contributed by atoms with Crippen molar-refractivity contribution in [2.24, 2.45) is 7.05 Å². The van der Waals surface area contributed by atoms with Crippen molar-refractivity contribution in [2.45, 2.75) is 79.8 Å². The van der Waals surface area contributed by atoms with Crippen molar-refractivity contribution < 1.29 is 19.4 Å². The van der Waals surface area contributed by atoms with Crippen LogP contribution in [0.2, 0.25) is 10.0 Å². The number of anilines is 1. The Morgan fingerprint density at radius 3 is 2.37 bits per heavy atom. The minimum absolute atomic E-state index is 0.0838. The molecule has 3 aromatic heterocycles. The molecule has 1 atom stereocenters. The first-order valence-corrected chi connectivity index (χ1v) is 20.7. The minimum Gasteiger partial charge on any atom is -0.494 e. The average Bonchev–Trinajstić information content (AvgIpc) is 3.93. The minimum atomic E-state index is -1.08. The number of benzene rings is 3. The zero-order chi connectivity index (χ0) is 40.4. The molecule has 57 heavy (non-hydrogen) atoms. The number of aromatic nitrogens is 4. The van der Waals surface area contributed by atoms with E-state index in [4.69, 9.17) is 33.0 Å². The van der Waals surface area contributed by atoms with Crippen LogP contribution in [0.5, 0.6) is 5.75 Å². The molecule has 1 amide bonds. The SMILES string of the molecule is Cc1ccc2c(c1)c(N1C[C@@H](C)n3c(c(CCCOc4cc(C)c(Cl)c(C)c4)c4ccc(Cl)c(-c5c(C)nn(CCN6CCCC6)c5C)c43)C1=O)c(C(=O)O)n2C. The van der Waals surface area contributed by atoms with Gasteiger partial charge in [0.2, 0.25) is 0 Å². The molecular formula is C45H50Cl2N6O4. The fraction of sp³-hybridized carbons (Fsp3) is 0.400. The topological polar surface area (TPSA) is 97.8 Å². The average molecular weight is 810 g/mol. The summed E-state index contributed by atoms with van der Waals surface area (Å²) in [7, 11) is 1.75. The summed E-state index contributed by atoms with van der Waals surface area (Å²) in [5.41, 5.74) is 10.3. The fourth-order valence-electron chi connectivity index (χ4n) is 9.36. The molecule has 6 aromatic rings. The van der Waals surface area contributed by atoms with Crippen LogP contribution in [-0.2, 0) is 20.0 Å². The first-order chi connectivity index (χ1) is 27.3. The third-order valence-corrected chi connectivity index (χ3v) is 13.0. The lowest BCUT2D eigenvalue weighted by molar-refractivity contribution is 0.0687. The number of halogens is 2. The van der Waals surface area contributed by atoms with E-state index in [1.165, 1.54) is 12.8 Å². The number of hydrogen-bond donors (Lipinski definition) is 1. The standard InChI is InChI=1S/C45H50Cl2N6O4/c1-25-12-15-36-34(21-25)41(43(45(55)56)49(36)7)51-24-28(4)53-40-33(32(42(53)44(51)54)11-10-20-57-31-22-26(2)39(47)27(3)23-31)13-14-35(46)38(40)37-29(5)48-52(30(37)6)19-18-50-16-8-9-17-50/h12-15,21-23,28H,8-11,16-20,24H2,1-7H3,(H,55,56)/t28-/m1/s1. The first-order valence-electron chi connectivity index (χ1n) is 19.9. The maximum absolute atomic E-state index is 15.3. The van der Waals surface area contributed by atoms with Gasteiger partial charge in [-0.05, 0) is 127 Å². The van der Waals surface area contributed by atoms with E-state index in [1.807, 2.05) is 70.2 Å². The summed E-state index contributed by atoms with van der Waals surface area (Å²) >= 11 is 13.7. The zero-order valence-electron chi connectivity index (χ0n) is 33.8. The van der Waals surface area contributed by atoms with Crippen LogP contribution in [0.25, 0.3) is 32.9 Å². The van der Waals surface area contributed by atoms with E-state index in [0.29, 0.717) is 35.9 Å². The summed E-state index contributed by atoms with van der Waals surface area (Å²) in [4.78, 5) is 32.4. The molecule has 2 aliphatic rings. The lowest BCUT2D eigenvalue weighted by Gasteiger charge is -2.34. The third kappa shape index (κ3) is 6.69. The van der Waals surface area contributed by atoms with Crippen LogP contribution in [0, 0.1) is 34.6 Å². The van der Waals surface area contributed by atoms with Crippen LogP contribution >= 0.6 is 23.2 Å². The lowest BCUT2D eigenvalue weighted by atomic mass is 9.98. The number of likely N-dealkylation sites (tertiary alicyclic amines) is 1. The van der Waals surface area contributed by atoms with Crippen LogP contribution < -0.4 is 9.64 Å². The number of fused-ring (bicyclic) bond motifs is 4. The molecule has 12 heteroatoms. The van der Waals surface area contributed by atoms with E-state index in [2.05, 4.69) is 28.0 Å². The maximum Gasteiger partial charge on any atom is 0.354 e. The molecule has 0 unspecified atom stereocenters. The molecule has 8 rings (SSSR count). The number of carboxylic acid groups (broad SMARTS) is 1. The second-order valence-corrected chi connectivity index (χ2v) is 16.8. The Bertz CT molecular complexity index is 2570. The number of carbonyl (C=O) groups is 2. The maximum atomic E-state index is 15.3. The molecule has 0 bridgehead atoms. The van der Waals surface area contributed by atoms with Gasteiger partial charge in [0.05, 0.1) is 40.6 Å². The highest BCUT2D eigenvalue weighted by Gasteiger charge is 2.39. The molecule has 0 saturated carbocycles. The molecule has 298 valence electrons. The number of aromatic carboxylic acids is 1. The van der Waals surface area contributed by atoms with Crippen LogP contribution in [0.4, 0.5) is 5.69 Å². The van der Waals surface area contributed by atoms with Gasteiger partial charge in [0.1, 0.15) is 11.4 Å². The second-order valence-electron chi connectivity index (χ2n) is 16.0. The first kappa shape index (κ1) is 39.1. The highest BCUT2D eigenvalue weighted by Crippen LogP contribution is 2.46. The molecule has 1 N–H and O–H groups in total. The number of carboxylic acids is 1.